The first-order chi connectivity index (χ1) is 6.52. The van der Waals surface area contributed by atoms with Crippen molar-refractivity contribution in [2.75, 3.05) is 20.7 Å². The molecule has 1 fully saturated rings. The van der Waals surface area contributed by atoms with Gasteiger partial charge in [0.1, 0.15) is 0 Å². The number of carbonyl (C=O) groups is 1. The summed E-state index contributed by atoms with van der Waals surface area (Å²) in [5.74, 6) is 0.0557. The lowest BCUT2D eigenvalue weighted by Gasteiger charge is -2.51. The van der Waals surface area contributed by atoms with Crippen LogP contribution in [-0.4, -0.2) is 38.8 Å². The standard InChI is InChI=1S/C10H20N2O2.ClH/c1-10(2)7(5-8(10)14-4)12-9(13)6-11-3;/h7-8,11H,5-6H2,1-4H3,(H,12,13);1H. The number of ether oxygens (including phenoxy) is 1. The molecule has 0 saturated heterocycles. The van der Waals surface area contributed by atoms with Crippen molar-refractivity contribution in [3.8, 4) is 0 Å². The average molecular weight is 237 g/mol. The third-order valence-electron chi connectivity index (χ3n) is 3.13. The minimum atomic E-state index is 0. The summed E-state index contributed by atoms with van der Waals surface area (Å²) in [5.41, 5.74) is 0.0537. The predicted molar refractivity (Wildman–Crippen MR) is 62.3 cm³/mol. The van der Waals surface area contributed by atoms with Crippen LogP contribution in [0.2, 0.25) is 0 Å². The third-order valence-corrected chi connectivity index (χ3v) is 3.13. The quantitative estimate of drug-likeness (QED) is 0.750. The minimum Gasteiger partial charge on any atom is -0.381 e. The van der Waals surface area contributed by atoms with Crippen LogP contribution in [0.4, 0.5) is 0 Å². The summed E-state index contributed by atoms with van der Waals surface area (Å²) in [6.07, 6.45) is 1.18. The fraction of sp³-hybridized carbons (Fsp3) is 0.900. The number of halogens is 1. The van der Waals surface area contributed by atoms with Crippen LogP contribution in [0.3, 0.4) is 0 Å². The van der Waals surface area contributed by atoms with Crippen molar-refractivity contribution in [3.63, 3.8) is 0 Å². The second kappa shape index (κ2) is 5.68. The zero-order valence-corrected chi connectivity index (χ0v) is 10.6. The summed E-state index contributed by atoms with van der Waals surface area (Å²) < 4.78 is 5.31. The molecule has 0 radical (unpaired) electrons. The molecule has 1 saturated carbocycles. The Kier molecular flexibility index (Phi) is 5.56. The molecular formula is C10H21ClN2O2. The largest absolute Gasteiger partial charge is 0.381 e. The lowest BCUT2D eigenvalue weighted by atomic mass is 9.64. The monoisotopic (exact) mass is 236 g/mol. The molecule has 2 atom stereocenters. The number of hydrogen-bond donors (Lipinski definition) is 2. The molecule has 5 heteroatoms. The van der Waals surface area contributed by atoms with E-state index in [1.165, 1.54) is 0 Å². The highest BCUT2D eigenvalue weighted by Gasteiger charge is 2.49. The van der Waals surface area contributed by atoms with Gasteiger partial charge in [-0.1, -0.05) is 13.8 Å². The molecule has 15 heavy (non-hydrogen) atoms. The lowest BCUT2D eigenvalue weighted by Crippen LogP contribution is -2.62. The number of nitrogens with one attached hydrogen (secondary N) is 2. The van der Waals surface area contributed by atoms with E-state index < -0.39 is 0 Å². The molecule has 0 aliphatic heterocycles. The maximum Gasteiger partial charge on any atom is 0.234 e. The molecule has 1 aliphatic carbocycles. The van der Waals surface area contributed by atoms with Gasteiger partial charge in [-0.3, -0.25) is 4.79 Å². The zero-order chi connectivity index (χ0) is 10.8. The number of carbonyl (C=O) groups excluding carboxylic acids is 1. The van der Waals surface area contributed by atoms with E-state index in [0.29, 0.717) is 6.54 Å². The summed E-state index contributed by atoms with van der Waals surface area (Å²) in [6.45, 7) is 4.62. The highest BCUT2D eigenvalue weighted by Crippen LogP contribution is 2.42. The summed E-state index contributed by atoms with van der Waals surface area (Å²) >= 11 is 0. The Morgan fingerprint density at radius 3 is 2.53 bits per heavy atom. The van der Waals surface area contributed by atoms with Gasteiger partial charge in [-0.15, -0.1) is 12.4 Å². The van der Waals surface area contributed by atoms with Gasteiger partial charge in [-0.25, -0.2) is 0 Å². The molecule has 1 amide bonds. The fourth-order valence-corrected chi connectivity index (χ4v) is 1.94. The van der Waals surface area contributed by atoms with Gasteiger partial charge in [-0.05, 0) is 13.5 Å². The molecule has 0 aromatic carbocycles. The topological polar surface area (TPSA) is 50.4 Å². The maximum atomic E-state index is 11.3. The van der Waals surface area contributed by atoms with E-state index in [4.69, 9.17) is 4.74 Å². The highest BCUT2D eigenvalue weighted by atomic mass is 35.5. The van der Waals surface area contributed by atoms with Crippen molar-refractivity contribution in [1.29, 1.82) is 0 Å². The first-order valence-electron chi connectivity index (χ1n) is 4.99. The van der Waals surface area contributed by atoms with Crippen molar-refractivity contribution in [2.24, 2.45) is 5.41 Å². The molecule has 0 bridgehead atoms. The Bertz CT molecular complexity index is 221. The van der Waals surface area contributed by atoms with Gasteiger partial charge >= 0.3 is 0 Å². The molecule has 2 unspecified atom stereocenters. The first-order valence-corrected chi connectivity index (χ1v) is 4.99. The summed E-state index contributed by atoms with van der Waals surface area (Å²) in [4.78, 5) is 11.3. The van der Waals surface area contributed by atoms with Crippen molar-refractivity contribution in [1.82, 2.24) is 10.6 Å². The van der Waals surface area contributed by atoms with Gasteiger partial charge in [0.2, 0.25) is 5.91 Å². The predicted octanol–water partition coefficient (Wildman–Crippen LogP) is 0.557. The van der Waals surface area contributed by atoms with E-state index in [9.17, 15) is 4.79 Å². The summed E-state index contributed by atoms with van der Waals surface area (Å²) in [6, 6.07) is 0.244. The van der Waals surface area contributed by atoms with E-state index >= 15 is 0 Å². The van der Waals surface area contributed by atoms with Gasteiger partial charge in [0.25, 0.3) is 0 Å². The van der Waals surface area contributed by atoms with Crippen LogP contribution in [0, 0.1) is 5.41 Å². The van der Waals surface area contributed by atoms with Gasteiger partial charge in [0, 0.05) is 18.6 Å². The Morgan fingerprint density at radius 2 is 2.13 bits per heavy atom. The fourth-order valence-electron chi connectivity index (χ4n) is 1.94. The van der Waals surface area contributed by atoms with Crippen molar-refractivity contribution in [3.05, 3.63) is 0 Å². The SMILES string of the molecule is CNCC(=O)NC1CC(OC)C1(C)C.Cl. The number of likely N-dealkylation sites (N-methyl/N-ethyl adjacent to an activating group) is 1. The summed E-state index contributed by atoms with van der Waals surface area (Å²) in [5, 5.41) is 5.82. The van der Waals surface area contributed by atoms with E-state index in [1.807, 2.05) is 0 Å². The lowest BCUT2D eigenvalue weighted by molar-refractivity contribution is -0.131. The molecule has 2 N–H and O–H groups in total. The number of rotatable bonds is 4. The number of methoxy groups -OCH3 is 1. The van der Waals surface area contributed by atoms with Crippen LogP contribution in [0.1, 0.15) is 20.3 Å². The summed E-state index contributed by atoms with van der Waals surface area (Å²) in [7, 11) is 3.49. The van der Waals surface area contributed by atoms with E-state index in [1.54, 1.807) is 14.2 Å². The molecule has 4 nitrogen and oxygen atoms in total. The van der Waals surface area contributed by atoms with E-state index in [0.717, 1.165) is 6.42 Å². The van der Waals surface area contributed by atoms with Crippen molar-refractivity contribution in [2.45, 2.75) is 32.4 Å². The van der Waals surface area contributed by atoms with Crippen molar-refractivity contribution < 1.29 is 9.53 Å². The molecule has 0 aromatic rings. The second-order valence-corrected chi connectivity index (χ2v) is 4.43. The second-order valence-electron chi connectivity index (χ2n) is 4.43. The van der Waals surface area contributed by atoms with Gasteiger partial charge in [0.15, 0.2) is 0 Å². The molecule has 1 aliphatic rings. The Labute approximate surface area is 97.5 Å². The molecule has 0 aromatic heterocycles. The van der Waals surface area contributed by atoms with Crippen LogP contribution in [-0.2, 0) is 9.53 Å². The van der Waals surface area contributed by atoms with Gasteiger partial charge in [0.05, 0.1) is 12.6 Å². The van der Waals surface area contributed by atoms with Crippen molar-refractivity contribution >= 4 is 18.3 Å². The Hall–Kier alpha value is -0.320. The van der Waals surface area contributed by atoms with Crippen LogP contribution >= 0.6 is 12.4 Å². The third kappa shape index (κ3) is 3.06. The normalized spacial score (nSPS) is 27.5. The highest BCUT2D eigenvalue weighted by molar-refractivity contribution is 5.85. The zero-order valence-electron chi connectivity index (χ0n) is 9.79. The van der Waals surface area contributed by atoms with Gasteiger partial charge in [-0.2, -0.15) is 0 Å². The van der Waals surface area contributed by atoms with E-state index in [-0.39, 0.29) is 35.9 Å². The smallest absolute Gasteiger partial charge is 0.234 e. The number of hydrogen-bond acceptors (Lipinski definition) is 3. The van der Waals surface area contributed by atoms with Crippen LogP contribution in [0.5, 0.6) is 0 Å². The van der Waals surface area contributed by atoms with E-state index in [2.05, 4.69) is 24.5 Å². The molecule has 1 rings (SSSR count). The van der Waals surface area contributed by atoms with Gasteiger partial charge < -0.3 is 15.4 Å². The molecule has 90 valence electrons. The molecule has 0 spiro atoms. The molecular weight excluding hydrogens is 216 g/mol. The van der Waals surface area contributed by atoms with Crippen LogP contribution in [0.25, 0.3) is 0 Å². The first kappa shape index (κ1) is 14.7. The maximum absolute atomic E-state index is 11.3. The minimum absolute atomic E-state index is 0. The Balaban J connectivity index is 0.00000196. The number of amides is 1. The van der Waals surface area contributed by atoms with Crippen LogP contribution in [0.15, 0.2) is 0 Å². The molecule has 0 heterocycles. The van der Waals surface area contributed by atoms with Crippen LogP contribution < -0.4 is 10.6 Å². The Morgan fingerprint density at radius 1 is 1.53 bits per heavy atom. The average Bonchev–Trinajstić information content (AvgIpc) is 2.12.